The largest absolute Gasteiger partial charge is 0.549 e. The molecule has 19 heavy (non-hydrogen) atoms. The van der Waals surface area contributed by atoms with E-state index in [9.17, 15) is 9.90 Å². The van der Waals surface area contributed by atoms with Crippen molar-refractivity contribution in [3.05, 3.63) is 30.3 Å². The van der Waals surface area contributed by atoms with E-state index in [0.29, 0.717) is 0 Å². The van der Waals surface area contributed by atoms with Gasteiger partial charge in [-0.05, 0) is 25.1 Å². The molecule has 0 N–H and O–H groups in total. The number of carboxylic acid groups (broad SMARTS) is 1. The van der Waals surface area contributed by atoms with Crippen LogP contribution in [-0.2, 0) is 11.3 Å². The predicted molar refractivity (Wildman–Crippen MR) is 72.1 cm³/mol. The van der Waals surface area contributed by atoms with E-state index in [4.69, 9.17) is 4.74 Å². The van der Waals surface area contributed by atoms with Crippen molar-refractivity contribution >= 4 is 28.6 Å². The quantitative estimate of drug-likeness (QED) is 0.604. The average molecular weight is 277 g/mol. The number of nitrogens with zero attached hydrogens (tertiary/aromatic N) is 1. The van der Waals surface area contributed by atoms with Crippen LogP contribution in [0.5, 0.6) is 5.75 Å². The van der Waals surface area contributed by atoms with Gasteiger partial charge in [-0.2, -0.15) is 4.57 Å². The number of fused-ring (bicyclic) bond motifs is 1. The molecule has 0 bridgehead atoms. The SMILES string of the molecule is CC[n+]1c(SCC(=O)[O-])ccc2cc(OC)ccc21. The molecule has 5 heteroatoms. The molecule has 0 unspecified atom stereocenters. The van der Waals surface area contributed by atoms with Crippen molar-refractivity contribution in [3.63, 3.8) is 0 Å². The number of carbonyl (C=O) groups excluding carboxylic acids is 1. The van der Waals surface area contributed by atoms with Gasteiger partial charge in [0.15, 0.2) is 0 Å². The number of hydrogen-bond donors (Lipinski definition) is 0. The third-order valence-corrected chi connectivity index (χ3v) is 3.88. The van der Waals surface area contributed by atoms with Crippen LogP contribution in [0.3, 0.4) is 0 Å². The Morgan fingerprint density at radius 2 is 2.16 bits per heavy atom. The lowest BCUT2D eigenvalue weighted by Gasteiger charge is -2.07. The number of pyridine rings is 1. The zero-order valence-electron chi connectivity index (χ0n) is 10.9. The van der Waals surface area contributed by atoms with Crippen molar-refractivity contribution in [3.8, 4) is 5.75 Å². The Labute approximate surface area is 116 Å². The van der Waals surface area contributed by atoms with Gasteiger partial charge in [0.1, 0.15) is 12.3 Å². The Hall–Kier alpha value is -1.75. The highest BCUT2D eigenvalue weighted by Gasteiger charge is 2.15. The molecule has 0 fully saturated rings. The van der Waals surface area contributed by atoms with E-state index in [2.05, 4.69) is 4.57 Å². The first-order chi connectivity index (χ1) is 9.15. The van der Waals surface area contributed by atoms with Gasteiger partial charge in [0, 0.05) is 17.9 Å². The number of ether oxygens (including phenoxy) is 1. The molecule has 0 radical (unpaired) electrons. The maximum atomic E-state index is 10.6. The zero-order valence-corrected chi connectivity index (χ0v) is 11.7. The van der Waals surface area contributed by atoms with Gasteiger partial charge in [-0.25, -0.2) is 0 Å². The Morgan fingerprint density at radius 3 is 2.79 bits per heavy atom. The Bertz CT molecular complexity index is 613. The van der Waals surface area contributed by atoms with E-state index in [0.717, 1.165) is 28.2 Å². The maximum Gasteiger partial charge on any atom is 0.240 e. The number of aromatic nitrogens is 1. The predicted octanol–water partition coefficient (Wildman–Crippen LogP) is 0.998. The third kappa shape index (κ3) is 2.98. The molecule has 0 spiro atoms. The van der Waals surface area contributed by atoms with Crippen molar-refractivity contribution in [2.24, 2.45) is 0 Å². The number of carbonyl (C=O) groups is 1. The number of aliphatic carboxylic acids is 1. The number of carboxylic acids is 1. The van der Waals surface area contributed by atoms with E-state index in [-0.39, 0.29) is 5.75 Å². The highest BCUT2D eigenvalue weighted by Crippen LogP contribution is 2.22. The summed E-state index contributed by atoms with van der Waals surface area (Å²) in [5.74, 6) is -0.283. The van der Waals surface area contributed by atoms with Crippen LogP contribution in [0.15, 0.2) is 35.4 Å². The highest BCUT2D eigenvalue weighted by atomic mass is 32.2. The van der Waals surface area contributed by atoms with Crippen molar-refractivity contribution < 1.29 is 19.2 Å². The molecule has 1 aromatic heterocycles. The first kappa shape index (κ1) is 13.7. The van der Waals surface area contributed by atoms with Crippen LogP contribution in [-0.4, -0.2) is 18.8 Å². The molecule has 0 aliphatic heterocycles. The molecule has 0 saturated heterocycles. The zero-order chi connectivity index (χ0) is 13.8. The Balaban J connectivity index is 2.47. The van der Waals surface area contributed by atoms with Crippen molar-refractivity contribution in [2.45, 2.75) is 18.5 Å². The number of hydrogen-bond acceptors (Lipinski definition) is 4. The van der Waals surface area contributed by atoms with E-state index in [1.165, 1.54) is 11.8 Å². The average Bonchev–Trinajstić information content (AvgIpc) is 2.43. The van der Waals surface area contributed by atoms with Gasteiger partial charge in [-0.15, -0.1) is 0 Å². The minimum atomic E-state index is -1.05. The van der Waals surface area contributed by atoms with Crippen LogP contribution in [0.1, 0.15) is 6.92 Å². The molecule has 0 saturated carbocycles. The van der Waals surface area contributed by atoms with Crippen LogP contribution in [0.2, 0.25) is 0 Å². The summed E-state index contributed by atoms with van der Waals surface area (Å²) in [4.78, 5) is 10.6. The fourth-order valence-corrected chi connectivity index (χ4v) is 2.81. The number of benzene rings is 1. The first-order valence-corrected chi connectivity index (χ1v) is 6.97. The van der Waals surface area contributed by atoms with Crippen molar-refractivity contribution in [1.29, 1.82) is 0 Å². The molecule has 4 nitrogen and oxygen atoms in total. The topological polar surface area (TPSA) is 53.2 Å². The van der Waals surface area contributed by atoms with Gasteiger partial charge in [0.2, 0.25) is 10.5 Å². The van der Waals surface area contributed by atoms with E-state index < -0.39 is 5.97 Å². The minimum absolute atomic E-state index is 0.0400. The highest BCUT2D eigenvalue weighted by molar-refractivity contribution is 7.99. The second kappa shape index (κ2) is 5.93. The van der Waals surface area contributed by atoms with E-state index in [1.54, 1.807) is 7.11 Å². The lowest BCUT2D eigenvalue weighted by Crippen LogP contribution is -2.36. The monoisotopic (exact) mass is 277 g/mol. The van der Waals surface area contributed by atoms with Gasteiger partial charge in [0.05, 0.1) is 18.5 Å². The molecule has 0 amide bonds. The Kier molecular flexibility index (Phi) is 4.27. The van der Waals surface area contributed by atoms with Gasteiger partial charge < -0.3 is 14.6 Å². The third-order valence-electron chi connectivity index (χ3n) is 2.85. The normalized spacial score (nSPS) is 10.6. The maximum absolute atomic E-state index is 10.6. The Morgan fingerprint density at radius 1 is 1.37 bits per heavy atom. The summed E-state index contributed by atoms with van der Waals surface area (Å²) in [5, 5.41) is 12.6. The standard InChI is InChI=1S/C14H15NO3S/c1-3-15-12-6-5-11(18-2)8-10(12)4-7-13(15)19-9-14(16)17/h4-8H,3,9H2,1-2H3. The van der Waals surface area contributed by atoms with Gasteiger partial charge in [0.25, 0.3) is 0 Å². The van der Waals surface area contributed by atoms with Gasteiger partial charge in [-0.1, -0.05) is 11.8 Å². The lowest BCUT2D eigenvalue weighted by molar-refractivity contribution is -0.704. The fraction of sp³-hybridized carbons (Fsp3) is 0.286. The molecule has 2 aromatic rings. The summed E-state index contributed by atoms with van der Waals surface area (Å²) in [5.41, 5.74) is 1.06. The molecule has 0 aliphatic carbocycles. The second-order valence-corrected chi connectivity index (χ2v) is 5.00. The summed E-state index contributed by atoms with van der Waals surface area (Å²) in [6, 6.07) is 9.76. The van der Waals surface area contributed by atoms with Crippen molar-refractivity contribution in [2.75, 3.05) is 12.9 Å². The van der Waals surface area contributed by atoms with Crippen molar-refractivity contribution in [1.82, 2.24) is 0 Å². The summed E-state index contributed by atoms with van der Waals surface area (Å²) >= 11 is 1.27. The van der Waals surface area contributed by atoms with Crippen LogP contribution < -0.4 is 14.4 Å². The second-order valence-electron chi connectivity index (χ2n) is 4.00. The molecule has 1 heterocycles. The summed E-state index contributed by atoms with van der Waals surface area (Å²) in [7, 11) is 1.64. The number of methoxy groups -OCH3 is 1. The fourth-order valence-electron chi connectivity index (χ4n) is 1.99. The smallest absolute Gasteiger partial charge is 0.240 e. The molecular formula is C14H15NO3S. The molecule has 2 rings (SSSR count). The minimum Gasteiger partial charge on any atom is -0.549 e. The van der Waals surface area contributed by atoms with Crippen LogP contribution in [0.4, 0.5) is 0 Å². The summed E-state index contributed by atoms with van der Waals surface area (Å²) in [6.45, 7) is 2.81. The molecule has 100 valence electrons. The summed E-state index contributed by atoms with van der Waals surface area (Å²) in [6.07, 6.45) is 0. The number of rotatable bonds is 5. The number of aryl methyl sites for hydroxylation is 1. The summed E-state index contributed by atoms with van der Waals surface area (Å²) < 4.78 is 7.29. The van der Waals surface area contributed by atoms with Gasteiger partial charge in [-0.3, -0.25) is 0 Å². The van der Waals surface area contributed by atoms with E-state index in [1.807, 2.05) is 37.3 Å². The number of thioether (sulfide) groups is 1. The van der Waals surface area contributed by atoms with Gasteiger partial charge >= 0.3 is 0 Å². The lowest BCUT2D eigenvalue weighted by atomic mass is 10.2. The van der Waals surface area contributed by atoms with Crippen LogP contribution >= 0.6 is 11.8 Å². The molecular weight excluding hydrogens is 262 g/mol. The molecule has 0 aliphatic rings. The first-order valence-electron chi connectivity index (χ1n) is 5.99. The van der Waals surface area contributed by atoms with E-state index >= 15 is 0 Å². The van der Waals surface area contributed by atoms with Crippen LogP contribution in [0.25, 0.3) is 10.9 Å². The van der Waals surface area contributed by atoms with Crippen LogP contribution in [0, 0.1) is 0 Å². The molecule has 0 atom stereocenters. The molecule has 1 aromatic carbocycles.